The summed E-state index contributed by atoms with van der Waals surface area (Å²) in [6, 6.07) is 16.3. The lowest BCUT2D eigenvalue weighted by Crippen LogP contribution is -2.23. The highest BCUT2D eigenvalue weighted by atomic mass is 79.9. The van der Waals surface area contributed by atoms with Crippen LogP contribution in [0.4, 0.5) is 0 Å². The number of Topliss-reactive ketones (excluding diaryl/α,β-unsaturated/α-hetero) is 1. The lowest BCUT2D eigenvalue weighted by atomic mass is 10.1. The normalized spacial score (nSPS) is 12.5. The fraction of sp³-hybridized carbons (Fsp3) is 0.200. The van der Waals surface area contributed by atoms with Crippen molar-refractivity contribution in [2.75, 3.05) is 0 Å². The molecule has 7 heteroatoms. The van der Waals surface area contributed by atoms with Crippen LogP contribution >= 0.6 is 15.9 Å². The minimum absolute atomic E-state index is 0.0161. The van der Waals surface area contributed by atoms with Gasteiger partial charge >= 0.3 is 0 Å². The summed E-state index contributed by atoms with van der Waals surface area (Å²) in [6.07, 6.45) is 2.34. The molecule has 1 atom stereocenters. The van der Waals surface area contributed by atoms with Gasteiger partial charge < -0.3 is 4.42 Å². The Morgan fingerprint density at radius 2 is 1.94 bits per heavy atom. The molecule has 4 aromatic rings. The summed E-state index contributed by atoms with van der Waals surface area (Å²) < 4.78 is 8.05. The summed E-state index contributed by atoms with van der Waals surface area (Å²) in [5, 5.41) is 4.93. The van der Waals surface area contributed by atoms with Gasteiger partial charge in [-0.25, -0.2) is 4.98 Å². The molecule has 0 aliphatic heterocycles. The number of carbonyl (C=O) groups excluding carboxylic acids is 1. The fourth-order valence-corrected chi connectivity index (χ4v) is 3.70. The van der Waals surface area contributed by atoms with Crippen molar-refractivity contribution < 1.29 is 9.21 Å². The minimum atomic E-state index is -0.227. The van der Waals surface area contributed by atoms with Crippen LogP contribution in [-0.2, 0) is 0 Å². The molecule has 162 valence electrons. The molecule has 0 radical (unpaired) electrons. The number of fused-ring (bicyclic) bond motifs is 1. The minimum Gasteiger partial charge on any atom is -0.455 e. The molecular weight excluding hydrogens is 470 g/mol. The van der Waals surface area contributed by atoms with Crippen molar-refractivity contribution in [1.82, 2.24) is 9.66 Å². The van der Waals surface area contributed by atoms with Gasteiger partial charge in [0.2, 0.25) is 0 Å². The number of hydrogen-bond donors (Lipinski definition) is 0. The van der Waals surface area contributed by atoms with E-state index < -0.39 is 0 Å². The SMILES string of the molecule is CC[C@@H](C)c1nc2ccc(Br)cc2c(=O)n1N=Cc1ccc(-c2ccc(C(C)=O)cc2)o1. The van der Waals surface area contributed by atoms with E-state index in [0.717, 1.165) is 16.5 Å². The van der Waals surface area contributed by atoms with E-state index in [0.29, 0.717) is 33.8 Å². The Hall–Kier alpha value is -3.32. The third-order valence-corrected chi connectivity index (χ3v) is 5.88. The standard InChI is InChI=1S/C25H22BrN3O3/c1-4-15(2)24-28-22-11-9-19(26)13-21(22)25(31)29(24)27-14-20-10-12-23(32-20)18-7-5-17(6-8-18)16(3)30/h5-15H,4H2,1-3H3/t15-/m1/s1. The molecular formula is C25H22BrN3O3. The molecule has 0 aliphatic carbocycles. The molecule has 0 spiro atoms. The van der Waals surface area contributed by atoms with Gasteiger partial charge in [0.05, 0.1) is 17.1 Å². The highest BCUT2D eigenvalue weighted by molar-refractivity contribution is 9.10. The first-order valence-electron chi connectivity index (χ1n) is 10.3. The fourth-order valence-electron chi connectivity index (χ4n) is 3.34. The summed E-state index contributed by atoms with van der Waals surface area (Å²) >= 11 is 3.42. The Morgan fingerprint density at radius 3 is 2.62 bits per heavy atom. The van der Waals surface area contributed by atoms with E-state index in [-0.39, 0.29) is 17.3 Å². The summed E-state index contributed by atoms with van der Waals surface area (Å²) in [4.78, 5) is 29.4. The smallest absolute Gasteiger partial charge is 0.282 e. The van der Waals surface area contributed by atoms with E-state index >= 15 is 0 Å². The van der Waals surface area contributed by atoms with Crippen LogP contribution in [0, 0.1) is 0 Å². The number of halogens is 1. The van der Waals surface area contributed by atoms with Gasteiger partial charge in [0.1, 0.15) is 17.3 Å². The molecule has 0 bridgehead atoms. The second kappa shape index (κ2) is 9.04. The highest BCUT2D eigenvalue weighted by Crippen LogP contribution is 2.23. The van der Waals surface area contributed by atoms with Crippen LogP contribution in [0.3, 0.4) is 0 Å². The van der Waals surface area contributed by atoms with E-state index in [2.05, 4.69) is 21.0 Å². The molecule has 0 saturated heterocycles. The first-order valence-corrected chi connectivity index (χ1v) is 11.1. The third kappa shape index (κ3) is 4.34. The van der Waals surface area contributed by atoms with Crippen molar-refractivity contribution >= 4 is 38.8 Å². The zero-order valence-electron chi connectivity index (χ0n) is 18.0. The molecule has 0 amide bonds. The van der Waals surface area contributed by atoms with Gasteiger partial charge in [-0.3, -0.25) is 9.59 Å². The van der Waals surface area contributed by atoms with Crippen molar-refractivity contribution in [3.8, 4) is 11.3 Å². The van der Waals surface area contributed by atoms with E-state index in [9.17, 15) is 9.59 Å². The van der Waals surface area contributed by atoms with Crippen LogP contribution in [0.2, 0.25) is 0 Å². The van der Waals surface area contributed by atoms with Gasteiger partial charge in [0.15, 0.2) is 5.78 Å². The van der Waals surface area contributed by atoms with E-state index in [1.54, 1.807) is 24.3 Å². The average Bonchev–Trinajstić information content (AvgIpc) is 3.27. The van der Waals surface area contributed by atoms with E-state index in [1.165, 1.54) is 17.8 Å². The summed E-state index contributed by atoms with van der Waals surface area (Å²) in [5.74, 6) is 1.83. The predicted molar refractivity (Wildman–Crippen MR) is 130 cm³/mol. The number of aromatic nitrogens is 2. The number of ketones is 1. The van der Waals surface area contributed by atoms with Crippen molar-refractivity contribution in [2.45, 2.75) is 33.1 Å². The number of furan rings is 1. The van der Waals surface area contributed by atoms with Gasteiger partial charge in [0, 0.05) is 21.5 Å². The van der Waals surface area contributed by atoms with Crippen molar-refractivity contribution in [1.29, 1.82) is 0 Å². The highest BCUT2D eigenvalue weighted by Gasteiger charge is 2.16. The molecule has 2 heterocycles. The van der Waals surface area contributed by atoms with Crippen LogP contribution in [-0.4, -0.2) is 21.7 Å². The first-order chi connectivity index (χ1) is 15.4. The van der Waals surface area contributed by atoms with Crippen LogP contribution in [0.1, 0.15) is 55.1 Å². The van der Waals surface area contributed by atoms with Gasteiger partial charge in [-0.05, 0) is 43.7 Å². The maximum Gasteiger partial charge on any atom is 0.282 e. The quantitative estimate of drug-likeness (QED) is 0.244. The number of carbonyl (C=O) groups is 1. The molecule has 0 unspecified atom stereocenters. The van der Waals surface area contributed by atoms with Crippen molar-refractivity contribution in [3.05, 3.63) is 86.6 Å². The van der Waals surface area contributed by atoms with Gasteiger partial charge in [-0.1, -0.05) is 54.0 Å². The molecule has 2 aromatic heterocycles. The molecule has 4 rings (SSSR count). The topological polar surface area (TPSA) is 77.5 Å². The average molecular weight is 492 g/mol. The number of benzene rings is 2. The van der Waals surface area contributed by atoms with E-state index in [1.807, 2.05) is 44.2 Å². The molecule has 2 aromatic carbocycles. The molecule has 0 fully saturated rings. The second-order valence-corrected chi connectivity index (χ2v) is 8.55. The van der Waals surface area contributed by atoms with Gasteiger partial charge in [-0.15, -0.1) is 0 Å². The molecule has 0 N–H and O–H groups in total. The largest absolute Gasteiger partial charge is 0.455 e. The second-order valence-electron chi connectivity index (χ2n) is 7.64. The third-order valence-electron chi connectivity index (χ3n) is 5.39. The van der Waals surface area contributed by atoms with E-state index in [4.69, 9.17) is 9.40 Å². The summed E-state index contributed by atoms with van der Waals surface area (Å²) in [7, 11) is 0. The lowest BCUT2D eigenvalue weighted by Gasteiger charge is -2.13. The Kier molecular flexibility index (Phi) is 6.19. The summed E-state index contributed by atoms with van der Waals surface area (Å²) in [6.45, 7) is 5.60. The van der Waals surface area contributed by atoms with Crippen LogP contribution in [0.15, 0.2) is 73.4 Å². The van der Waals surface area contributed by atoms with Crippen LogP contribution in [0.25, 0.3) is 22.2 Å². The molecule has 0 aliphatic rings. The maximum atomic E-state index is 13.2. The lowest BCUT2D eigenvalue weighted by molar-refractivity contribution is 0.101. The Balaban J connectivity index is 1.71. The van der Waals surface area contributed by atoms with Crippen molar-refractivity contribution in [2.24, 2.45) is 5.10 Å². The van der Waals surface area contributed by atoms with Gasteiger partial charge in [-0.2, -0.15) is 9.78 Å². The van der Waals surface area contributed by atoms with Gasteiger partial charge in [0.25, 0.3) is 5.56 Å². The number of rotatable bonds is 6. The number of hydrogen-bond acceptors (Lipinski definition) is 5. The van der Waals surface area contributed by atoms with Crippen LogP contribution < -0.4 is 5.56 Å². The maximum absolute atomic E-state index is 13.2. The molecule has 6 nitrogen and oxygen atoms in total. The Morgan fingerprint density at radius 1 is 1.19 bits per heavy atom. The molecule has 0 saturated carbocycles. The van der Waals surface area contributed by atoms with Crippen LogP contribution in [0.5, 0.6) is 0 Å². The molecule has 32 heavy (non-hydrogen) atoms. The Bertz CT molecular complexity index is 1380. The Labute approximate surface area is 193 Å². The number of nitrogens with zero attached hydrogens (tertiary/aromatic N) is 3. The zero-order chi connectivity index (χ0) is 22.8. The van der Waals surface area contributed by atoms with Crippen molar-refractivity contribution in [3.63, 3.8) is 0 Å². The first kappa shape index (κ1) is 21.9. The monoisotopic (exact) mass is 491 g/mol. The zero-order valence-corrected chi connectivity index (χ0v) is 19.6. The predicted octanol–water partition coefficient (Wildman–Crippen LogP) is 6.02. The summed E-state index contributed by atoms with van der Waals surface area (Å²) in [5.41, 5.74) is 1.92.